The molecule has 0 bridgehead atoms. The minimum absolute atomic E-state index is 0.172. The Kier molecular flexibility index (Phi) is 5.52. The van der Waals surface area contributed by atoms with Gasteiger partial charge in [0.25, 0.3) is 11.8 Å². The third kappa shape index (κ3) is 4.05. The van der Waals surface area contributed by atoms with E-state index in [-0.39, 0.29) is 11.8 Å². The lowest BCUT2D eigenvalue weighted by Crippen LogP contribution is -2.22. The molecule has 0 aliphatic carbocycles. The first kappa shape index (κ1) is 19.3. The Balaban J connectivity index is 1.71. The van der Waals surface area contributed by atoms with Gasteiger partial charge in [-0.2, -0.15) is 0 Å². The second-order valence-corrected chi connectivity index (χ2v) is 6.83. The van der Waals surface area contributed by atoms with Crippen LogP contribution >= 0.6 is 0 Å². The zero-order chi connectivity index (χ0) is 20.9. The summed E-state index contributed by atoms with van der Waals surface area (Å²) < 4.78 is 0. The first-order valence-electron chi connectivity index (χ1n) is 9.80. The fourth-order valence-corrected chi connectivity index (χ4v) is 3.32. The number of carbonyl (C=O) groups excluding carboxylic acids is 2. The van der Waals surface area contributed by atoms with E-state index in [1.54, 1.807) is 30.3 Å². The Morgan fingerprint density at radius 2 is 1.60 bits per heavy atom. The summed E-state index contributed by atoms with van der Waals surface area (Å²) in [4.78, 5) is 30.0. The molecule has 4 rings (SSSR count). The normalized spacial score (nSPS) is 10.6. The highest BCUT2D eigenvalue weighted by molar-refractivity contribution is 6.13. The largest absolute Gasteiger partial charge is 0.352 e. The third-order valence-corrected chi connectivity index (χ3v) is 4.75. The van der Waals surface area contributed by atoms with E-state index in [0.717, 1.165) is 22.2 Å². The highest BCUT2D eigenvalue weighted by Gasteiger charge is 2.15. The average molecular weight is 395 g/mol. The predicted molar refractivity (Wildman–Crippen MR) is 120 cm³/mol. The molecule has 0 fully saturated rings. The summed E-state index contributed by atoms with van der Waals surface area (Å²) in [7, 11) is 0. The Bertz CT molecular complexity index is 1220. The number of amides is 2. The van der Waals surface area contributed by atoms with Crippen LogP contribution < -0.4 is 10.6 Å². The Hall–Kier alpha value is -3.99. The van der Waals surface area contributed by atoms with Gasteiger partial charge in [0.1, 0.15) is 0 Å². The number of anilines is 1. The molecule has 0 saturated heterocycles. The van der Waals surface area contributed by atoms with Crippen LogP contribution in [0.25, 0.3) is 22.2 Å². The number of fused-ring (bicyclic) bond motifs is 1. The van der Waals surface area contributed by atoms with Crippen molar-refractivity contribution in [2.75, 3.05) is 11.9 Å². The lowest BCUT2D eigenvalue weighted by Gasteiger charge is -2.11. The van der Waals surface area contributed by atoms with E-state index in [2.05, 4.69) is 10.6 Å². The summed E-state index contributed by atoms with van der Waals surface area (Å²) in [5.74, 6) is -0.423. The summed E-state index contributed by atoms with van der Waals surface area (Å²) in [6, 6.07) is 26.1. The number of aromatic nitrogens is 1. The molecule has 0 saturated carbocycles. The van der Waals surface area contributed by atoms with Gasteiger partial charge < -0.3 is 10.6 Å². The van der Waals surface area contributed by atoms with E-state index in [9.17, 15) is 9.59 Å². The van der Waals surface area contributed by atoms with Crippen molar-refractivity contribution in [3.8, 4) is 11.3 Å². The maximum Gasteiger partial charge on any atom is 0.256 e. The number of pyridine rings is 1. The number of nitrogens with one attached hydrogen (secondary N) is 2. The van der Waals surface area contributed by atoms with Gasteiger partial charge in [-0.15, -0.1) is 0 Å². The van der Waals surface area contributed by atoms with Crippen LogP contribution in [0.2, 0.25) is 0 Å². The molecule has 0 atom stereocenters. The molecule has 5 heteroatoms. The molecule has 2 amide bonds. The standard InChI is InChI=1S/C25H21N3O2/c1-2-26-24(29)18-11-8-12-19(15-18)27-25(30)21-16-23(17-9-4-3-5-10-17)28-22-14-7-6-13-20(21)22/h3-16H,2H2,1H3,(H,26,29)(H,27,30). The smallest absolute Gasteiger partial charge is 0.256 e. The van der Waals surface area contributed by atoms with Gasteiger partial charge in [0.15, 0.2) is 0 Å². The number of rotatable bonds is 5. The number of hydrogen-bond acceptors (Lipinski definition) is 3. The van der Waals surface area contributed by atoms with Crippen LogP contribution in [0.1, 0.15) is 27.6 Å². The average Bonchev–Trinajstić information content (AvgIpc) is 2.79. The Labute approximate surface area is 174 Å². The van der Waals surface area contributed by atoms with Crippen LogP contribution in [-0.4, -0.2) is 23.3 Å². The van der Waals surface area contributed by atoms with Crippen LogP contribution in [0, 0.1) is 0 Å². The van der Waals surface area contributed by atoms with E-state index >= 15 is 0 Å². The molecule has 0 unspecified atom stereocenters. The SMILES string of the molecule is CCNC(=O)c1cccc(NC(=O)c2cc(-c3ccccc3)nc3ccccc23)c1. The fourth-order valence-electron chi connectivity index (χ4n) is 3.32. The van der Waals surface area contributed by atoms with E-state index in [1.165, 1.54) is 0 Å². The van der Waals surface area contributed by atoms with Gasteiger partial charge in [0.2, 0.25) is 0 Å². The number of carbonyl (C=O) groups is 2. The molecule has 0 aliphatic heterocycles. The monoisotopic (exact) mass is 395 g/mol. The topological polar surface area (TPSA) is 71.1 Å². The van der Waals surface area contributed by atoms with Gasteiger partial charge >= 0.3 is 0 Å². The maximum atomic E-state index is 13.2. The number of para-hydroxylation sites is 1. The Morgan fingerprint density at radius 1 is 0.833 bits per heavy atom. The lowest BCUT2D eigenvalue weighted by atomic mass is 10.0. The van der Waals surface area contributed by atoms with Crippen LogP contribution in [-0.2, 0) is 0 Å². The van der Waals surface area contributed by atoms with Crippen molar-refractivity contribution in [1.29, 1.82) is 0 Å². The van der Waals surface area contributed by atoms with Gasteiger partial charge in [-0.3, -0.25) is 9.59 Å². The molecule has 1 aromatic heterocycles. The quantitative estimate of drug-likeness (QED) is 0.505. The molecule has 5 nitrogen and oxygen atoms in total. The number of hydrogen-bond donors (Lipinski definition) is 2. The second-order valence-electron chi connectivity index (χ2n) is 6.83. The van der Waals surface area contributed by atoms with Crippen molar-refractivity contribution in [3.05, 3.63) is 96.1 Å². The Morgan fingerprint density at radius 3 is 2.40 bits per heavy atom. The summed E-state index contributed by atoms with van der Waals surface area (Å²) >= 11 is 0. The number of nitrogens with zero attached hydrogens (tertiary/aromatic N) is 1. The zero-order valence-electron chi connectivity index (χ0n) is 16.6. The van der Waals surface area contributed by atoms with Crippen LogP contribution in [0.4, 0.5) is 5.69 Å². The van der Waals surface area contributed by atoms with E-state index in [0.29, 0.717) is 23.4 Å². The lowest BCUT2D eigenvalue weighted by molar-refractivity contribution is 0.0954. The molecular formula is C25H21N3O2. The summed E-state index contributed by atoms with van der Waals surface area (Å²) in [5, 5.41) is 6.46. The van der Waals surface area contributed by atoms with Gasteiger partial charge in [0, 0.05) is 28.7 Å². The van der Waals surface area contributed by atoms with Crippen LogP contribution in [0.15, 0.2) is 84.9 Å². The molecule has 3 aromatic carbocycles. The van der Waals surface area contributed by atoms with E-state index in [1.807, 2.05) is 61.5 Å². The molecule has 0 aliphatic rings. The molecule has 0 spiro atoms. The maximum absolute atomic E-state index is 13.2. The van der Waals surface area contributed by atoms with Crippen LogP contribution in [0.5, 0.6) is 0 Å². The molecule has 4 aromatic rings. The summed E-state index contributed by atoms with van der Waals surface area (Å²) in [5.41, 5.74) is 4.01. The van der Waals surface area contributed by atoms with Crippen LogP contribution in [0.3, 0.4) is 0 Å². The minimum atomic E-state index is -0.251. The van der Waals surface area contributed by atoms with E-state index < -0.39 is 0 Å². The molecule has 2 N–H and O–H groups in total. The van der Waals surface area contributed by atoms with Crippen molar-refractivity contribution in [3.63, 3.8) is 0 Å². The molecule has 1 heterocycles. The molecule has 148 valence electrons. The molecule has 0 radical (unpaired) electrons. The minimum Gasteiger partial charge on any atom is -0.352 e. The van der Waals surface area contributed by atoms with Crippen molar-refractivity contribution >= 4 is 28.4 Å². The van der Waals surface area contributed by atoms with E-state index in [4.69, 9.17) is 4.98 Å². The first-order chi connectivity index (χ1) is 14.7. The van der Waals surface area contributed by atoms with Gasteiger partial charge in [0.05, 0.1) is 16.8 Å². The number of benzene rings is 3. The van der Waals surface area contributed by atoms with Crippen molar-refractivity contribution in [1.82, 2.24) is 10.3 Å². The predicted octanol–water partition coefficient (Wildman–Crippen LogP) is 4.90. The zero-order valence-corrected chi connectivity index (χ0v) is 16.6. The van der Waals surface area contributed by atoms with Gasteiger partial charge in [-0.05, 0) is 37.3 Å². The van der Waals surface area contributed by atoms with Crippen molar-refractivity contribution in [2.24, 2.45) is 0 Å². The summed E-state index contributed by atoms with van der Waals surface area (Å²) in [6.45, 7) is 2.41. The molecular weight excluding hydrogens is 374 g/mol. The molecule has 30 heavy (non-hydrogen) atoms. The third-order valence-electron chi connectivity index (χ3n) is 4.75. The highest BCUT2D eigenvalue weighted by atomic mass is 16.2. The highest BCUT2D eigenvalue weighted by Crippen LogP contribution is 2.25. The summed E-state index contributed by atoms with van der Waals surface area (Å²) in [6.07, 6.45) is 0. The van der Waals surface area contributed by atoms with Crippen molar-refractivity contribution < 1.29 is 9.59 Å². The van der Waals surface area contributed by atoms with Gasteiger partial charge in [-0.1, -0.05) is 54.6 Å². The second kappa shape index (κ2) is 8.57. The van der Waals surface area contributed by atoms with Gasteiger partial charge in [-0.25, -0.2) is 4.98 Å². The fraction of sp³-hybridized carbons (Fsp3) is 0.0800. The first-order valence-corrected chi connectivity index (χ1v) is 9.80. The van der Waals surface area contributed by atoms with Crippen molar-refractivity contribution in [2.45, 2.75) is 6.92 Å².